The molecule has 1 aromatic rings. The van der Waals surface area contributed by atoms with Crippen molar-refractivity contribution in [2.24, 2.45) is 0 Å². The van der Waals surface area contributed by atoms with Crippen LogP contribution in [0.2, 0.25) is 0 Å². The molecule has 0 spiro atoms. The van der Waals surface area contributed by atoms with Gasteiger partial charge in [-0.05, 0) is 25.8 Å². The van der Waals surface area contributed by atoms with Gasteiger partial charge in [-0.25, -0.2) is 0 Å². The van der Waals surface area contributed by atoms with Gasteiger partial charge in [-0.3, -0.25) is 14.9 Å². The van der Waals surface area contributed by atoms with Crippen LogP contribution >= 0.6 is 0 Å². The summed E-state index contributed by atoms with van der Waals surface area (Å²) in [4.78, 5) is 20.9. The average Bonchev–Trinajstić information content (AvgIpc) is 2.29. The number of nitrogens with zero attached hydrogens (tertiary/aromatic N) is 1. The van der Waals surface area contributed by atoms with E-state index in [2.05, 4.69) is 5.32 Å². The van der Waals surface area contributed by atoms with Crippen molar-refractivity contribution in [1.29, 1.82) is 0 Å². The van der Waals surface area contributed by atoms with Gasteiger partial charge in [0, 0.05) is 18.7 Å². The summed E-state index contributed by atoms with van der Waals surface area (Å²) in [5.74, 6) is -0.911. The maximum absolute atomic E-state index is 10.8. The Labute approximate surface area is 105 Å². The van der Waals surface area contributed by atoms with E-state index in [9.17, 15) is 14.9 Å². The Morgan fingerprint density at radius 2 is 1.94 bits per heavy atom. The number of benzene rings is 1. The second-order valence-corrected chi connectivity index (χ2v) is 4.53. The van der Waals surface area contributed by atoms with Gasteiger partial charge >= 0.3 is 5.97 Å². The average molecular weight is 252 g/mol. The molecule has 6 nitrogen and oxygen atoms in total. The lowest BCUT2D eigenvalue weighted by molar-refractivity contribution is -0.384. The first kappa shape index (κ1) is 14.1. The Hall–Kier alpha value is -1.95. The van der Waals surface area contributed by atoms with Crippen molar-refractivity contribution in [2.75, 3.05) is 6.54 Å². The summed E-state index contributed by atoms with van der Waals surface area (Å²) in [6, 6.07) is 6.23. The van der Waals surface area contributed by atoms with Crippen LogP contribution in [0.3, 0.4) is 0 Å². The predicted octanol–water partition coefficient (Wildman–Crippen LogP) is 1.59. The van der Waals surface area contributed by atoms with E-state index in [0.29, 0.717) is 13.0 Å². The first-order chi connectivity index (χ1) is 8.33. The quantitative estimate of drug-likeness (QED) is 0.592. The van der Waals surface area contributed by atoms with Gasteiger partial charge in [0.1, 0.15) is 5.54 Å². The summed E-state index contributed by atoms with van der Waals surface area (Å²) in [6.07, 6.45) is 0.620. The molecule has 0 radical (unpaired) electrons. The molecule has 98 valence electrons. The highest BCUT2D eigenvalue weighted by molar-refractivity contribution is 5.77. The minimum Gasteiger partial charge on any atom is -0.480 e. The highest BCUT2D eigenvalue weighted by Gasteiger charge is 2.25. The third kappa shape index (κ3) is 3.81. The number of carboxylic acids is 1. The Morgan fingerprint density at radius 3 is 2.39 bits per heavy atom. The SMILES string of the molecule is CC(C)(NCCc1ccc([N+](=O)[O-])cc1)C(=O)O. The van der Waals surface area contributed by atoms with E-state index in [-0.39, 0.29) is 5.69 Å². The second-order valence-electron chi connectivity index (χ2n) is 4.53. The Kier molecular flexibility index (Phi) is 4.38. The fourth-order valence-electron chi connectivity index (χ4n) is 1.38. The summed E-state index contributed by atoms with van der Waals surface area (Å²) in [7, 11) is 0. The van der Waals surface area contributed by atoms with Crippen molar-refractivity contribution >= 4 is 11.7 Å². The first-order valence-electron chi connectivity index (χ1n) is 5.54. The van der Waals surface area contributed by atoms with Gasteiger partial charge in [0.25, 0.3) is 5.69 Å². The number of nitro groups is 1. The number of hydrogen-bond donors (Lipinski definition) is 2. The van der Waals surface area contributed by atoms with Gasteiger partial charge in [-0.1, -0.05) is 12.1 Å². The number of carboxylic acid groups (broad SMARTS) is 1. The molecule has 2 N–H and O–H groups in total. The summed E-state index contributed by atoms with van der Waals surface area (Å²) < 4.78 is 0. The van der Waals surface area contributed by atoms with E-state index in [1.54, 1.807) is 26.0 Å². The third-order valence-corrected chi connectivity index (χ3v) is 2.66. The second kappa shape index (κ2) is 5.59. The smallest absolute Gasteiger partial charge is 0.323 e. The molecule has 0 aliphatic heterocycles. The molecule has 1 aromatic carbocycles. The topological polar surface area (TPSA) is 92.5 Å². The number of aliphatic carboxylic acids is 1. The molecule has 0 saturated heterocycles. The lowest BCUT2D eigenvalue weighted by Gasteiger charge is -2.20. The lowest BCUT2D eigenvalue weighted by atomic mass is 10.1. The van der Waals surface area contributed by atoms with Gasteiger partial charge < -0.3 is 10.4 Å². The zero-order valence-corrected chi connectivity index (χ0v) is 10.3. The van der Waals surface area contributed by atoms with Crippen LogP contribution in [0.15, 0.2) is 24.3 Å². The Balaban J connectivity index is 2.50. The molecular weight excluding hydrogens is 236 g/mol. The molecule has 0 amide bonds. The summed E-state index contributed by atoms with van der Waals surface area (Å²) in [5.41, 5.74) is 0.00713. The van der Waals surface area contributed by atoms with Crippen LogP contribution in [0.4, 0.5) is 5.69 Å². The van der Waals surface area contributed by atoms with E-state index < -0.39 is 16.4 Å². The van der Waals surface area contributed by atoms with Gasteiger partial charge in [0.2, 0.25) is 0 Å². The monoisotopic (exact) mass is 252 g/mol. The molecule has 0 heterocycles. The van der Waals surface area contributed by atoms with E-state index in [1.807, 2.05) is 0 Å². The van der Waals surface area contributed by atoms with Crippen molar-refractivity contribution in [3.63, 3.8) is 0 Å². The van der Waals surface area contributed by atoms with Gasteiger partial charge in [-0.15, -0.1) is 0 Å². The van der Waals surface area contributed by atoms with Gasteiger partial charge in [0.05, 0.1) is 4.92 Å². The molecule has 0 unspecified atom stereocenters. The van der Waals surface area contributed by atoms with E-state index in [1.165, 1.54) is 12.1 Å². The van der Waals surface area contributed by atoms with Crippen molar-refractivity contribution in [1.82, 2.24) is 5.32 Å². The molecule has 18 heavy (non-hydrogen) atoms. The van der Waals surface area contributed by atoms with Crippen LogP contribution in [0.5, 0.6) is 0 Å². The zero-order chi connectivity index (χ0) is 13.8. The molecule has 0 aliphatic rings. The molecule has 0 bridgehead atoms. The zero-order valence-electron chi connectivity index (χ0n) is 10.3. The fourth-order valence-corrected chi connectivity index (χ4v) is 1.38. The van der Waals surface area contributed by atoms with Crippen molar-refractivity contribution in [3.8, 4) is 0 Å². The Morgan fingerprint density at radius 1 is 1.39 bits per heavy atom. The predicted molar refractivity (Wildman–Crippen MR) is 66.5 cm³/mol. The van der Waals surface area contributed by atoms with E-state index in [4.69, 9.17) is 5.11 Å². The number of nitrogens with one attached hydrogen (secondary N) is 1. The maximum atomic E-state index is 10.8. The van der Waals surface area contributed by atoms with Crippen LogP contribution in [0.1, 0.15) is 19.4 Å². The lowest BCUT2D eigenvalue weighted by Crippen LogP contribution is -2.47. The van der Waals surface area contributed by atoms with E-state index >= 15 is 0 Å². The standard InChI is InChI=1S/C12H16N2O4/c1-12(2,11(15)16)13-8-7-9-3-5-10(6-4-9)14(17)18/h3-6,13H,7-8H2,1-2H3,(H,15,16). The normalized spacial score (nSPS) is 11.2. The molecular formula is C12H16N2O4. The molecule has 0 atom stereocenters. The molecule has 0 saturated carbocycles. The highest BCUT2D eigenvalue weighted by Crippen LogP contribution is 2.12. The fraction of sp³-hybridized carbons (Fsp3) is 0.417. The minimum absolute atomic E-state index is 0.0533. The summed E-state index contributed by atoms with van der Waals surface area (Å²) in [5, 5.41) is 22.3. The van der Waals surface area contributed by atoms with Crippen molar-refractivity contribution in [2.45, 2.75) is 25.8 Å². The third-order valence-electron chi connectivity index (χ3n) is 2.66. The number of non-ortho nitro benzene ring substituents is 1. The molecule has 0 fully saturated rings. The minimum atomic E-state index is -0.971. The van der Waals surface area contributed by atoms with Crippen LogP contribution in [-0.2, 0) is 11.2 Å². The largest absolute Gasteiger partial charge is 0.480 e. The van der Waals surface area contributed by atoms with E-state index in [0.717, 1.165) is 5.56 Å². The highest BCUT2D eigenvalue weighted by atomic mass is 16.6. The van der Waals surface area contributed by atoms with Crippen LogP contribution < -0.4 is 5.32 Å². The molecule has 0 aromatic heterocycles. The maximum Gasteiger partial charge on any atom is 0.323 e. The van der Waals surface area contributed by atoms with Crippen molar-refractivity contribution < 1.29 is 14.8 Å². The number of hydrogen-bond acceptors (Lipinski definition) is 4. The summed E-state index contributed by atoms with van der Waals surface area (Å²) in [6.45, 7) is 3.67. The first-order valence-corrected chi connectivity index (χ1v) is 5.54. The molecule has 0 aliphatic carbocycles. The summed E-state index contributed by atoms with van der Waals surface area (Å²) >= 11 is 0. The number of rotatable bonds is 6. The number of nitro benzene ring substituents is 1. The van der Waals surface area contributed by atoms with Crippen LogP contribution in [-0.4, -0.2) is 28.1 Å². The van der Waals surface area contributed by atoms with Crippen molar-refractivity contribution in [3.05, 3.63) is 39.9 Å². The van der Waals surface area contributed by atoms with Gasteiger partial charge in [0.15, 0.2) is 0 Å². The van der Waals surface area contributed by atoms with Crippen LogP contribution in [0.25, 0.3) is 0 Å². The number of carbonyl (C=O) groups is 1. The van der Waals surface area contributed by atoms with Crippen LogP contribution in [0, 0.1) is 10.1 Å². The Bertz CT molecular complexity index is 440. The van der Waals surface area contributed by atoms with Gasteiger partial charge in [-0.2, -0.15) is 0 Å². The molecule has 6 heteroatoms. The molecule has 1 rings (SSSR count).